The van der Waals surface area contributed by atoms with Crippen molar-refractivity contribution < 1.29 is 4.79 Å². The molecule has 1 amide bonds. The van der Waals surface area contributed by atoms with Crippen LogP contribution in [0.3, 0.4) is 0 Å². The van der Waals surface area contributed by atoms with Gasteiger partial charge in [-0.2, -0.15) is 0 Å². The number of nitrogen functional groups attached to an aromatic ring is 1. The number of hydrogen-bond acceptors (Lipinski definition) is 2. The highest BCUT2D eigenvalue weighted by atomic mass is 16.1. The van der Waals surface area contributed by atoms with E-state index in [1.54, 1.807) is 24.3 Å². The van der Waals surface area contributed by atoms with Crippen molar-refractivity contribution in [2.45, 2.75) is 33.2 Å². The first-order valence-electron chi connectivity index (χ1n) is 7.05. The van der Waals surface area contributed by atoms with Crippen LogP contribution in [0.15, 0.2) is 42.5 Å². The third kappa shape index (κ3) is 3.63. The minimum Gasteiger partial charge on any atom is -0.399 e. The highest BCUT2D eigenvalue weighted by Gasteiger charge is 2.23. The fourth-order valence-electron chi connectivity index (χ4n) is 2.40. The molecule has 2 aromatic rings. The molecule has 0 unspecified atom stereocenters. The van der Waals surface area contributed by atoms with Crippen LogP contribution in [-0.2, 0) is 5.54 Å². The van der Waals surface area contributed by atoms with Gasteiger partial charge in [-0.3, -0.25) is 4.79 Å². The third-order valence-corrected chi connectivity index (χ3v) is 3.54. The van der Waals surface area contributed by atoms with Crippen LogP contribution < -0.4 is 11.1 Å². The van der Waals surface area contributed by atoms with E-state index in [4.69, 9.17) is 5.73 Å². The quantitative estimate of drug-likeness (QED) is 0.846. The SMILES string of the molecule is Cc1cc(C)cc(C(C)(C)NC(=O)c2ccc(N)cc2)c1. The van der Waals surface area contributed by atoms with E-state index in [1.165, 1.54) is 11.1 Å². The predicted molar refractivity (Wildman–Crippen MR) is 87.3 cm³/mol. The van der Waals surface area contributed by atoms with Crippen LogP contribution in [0, 0.1) is 13.8 Å². The summed E-state index contributed by atoms with van der Waals surface area (Å²) < 4.78 is 0. The van der Waals surface area contributed by atoms with E-state index >= 15 is 0 Å². The molecule has 0 radical (unpaired) electrons. The fraction of sp³-hybridized carbons (Fsp3) is 0.278. The molecule has 0 aliphatic rings. The van der Waals surface area contributed by atoms with Gasteiger partial charge >= 0.3 is 0 Å². The van der Waals surface area contributed by atoms with Crippen molar-refractivity contribution in [3.63, 3.8) is 0 Å². The number of aryl methyl sites for hydroxylation is 2. The van der Waals surface area contributed by atoms with Gasteiger partial charge in [-0.1, -0.05) is 29.3 Å². The van der Waals surface area contributed by atoms with E-state index in [0.717, 1.165) is 5.56 Å². The topological polar surface area (TPSA) is 55.1 Å². The molecule has 21 heavy (non-hydrogen) atoms. The molecular weight excluding hydrogens is 260 g/mol. The number of amides is 1. The Hall–Kier alpha value is -2.29. The molecule has 0 atom stereocenters. The lowest BCUT2D eigenvalue weighted by Gasteiger charge is -2.28. The van der Waals surface area contributed by atoms with Crippen molar-refractivity contribution in [1.82, 2.24) is 5.32 Å². The second kappa shape index (κ2) is 5.60. The van der Waals surface area contributed by atoms with Crippen LogP contribution in [0.25, 0.3) is 0 Å². The number of nitrogens with one attached hydrogen (secondary N) is 1. The molecule has 0 saturated carbocycles. The first-order valence-corrected chi connectivity index (χ1v) is 7.05. The number of rotatable bonds is 3. The van der Waals surface area contributed by atoms with Crippen molar-refractivity contribution in [3.8, 4) is 0 Å². The number of anilines is 1. The van der Waals surface area contributed by atoms with E-state index in [-0.39, 0.29) is 5.91 Å². The lowest BCUT2D eigenvalue weighted by molar-refractivity contribution is 0.0912. The van der Waals surface area contributed by atoms with Crippen molar-refractivity contribution in [3.05, 3.63) is 64.7 Å². The number of nitrogens with two attached hydrogens (primary N) is 1. The van der Waals surface area contributed by atoms with Crippen molar-refractivity contribution in [2.75, 3.05) is 5.73 Å². The molecule has 0 saturated heterocycles. The maximum Gasteiger partial charge on any atom is 0.251 e. The summed E-state index contributed by atoms with van der Waals surface area (Å²) in [7, 11) is 0. The Morgan fingerprint density at radius 3 is 2.05 bits per heavy atom. The zero-order chi connectivity index (χ0) is 15.6. The maximum atomic E-state index is 12.4. The van der Waals surface area contributed by atoms with Gasteiger partial charge in [0.15, 0.2) is 0 Å². The number of carbonyl (C=O) groups is 1. The Bertz CT molecular complexity index is 637. The minimum atomic E-state index is -0.435. The largest absolute Gasteiger partial charge is 0.399 e. The summed E-state index contributed by atoms with van der Waals surface area (Å²) in [5, 5.41) is 3.08. The third-order valence-electron chi connectivity index (χ3n) is 3.54. The monoisotopic (exact) mass is 282 g/mol. The lowest BCUT2D eigenvalue weighted by Crippen LogP contribution is -2.41. The second-order valence-corrected chi connectivity index (χ2v) is 6.08. The van der Waals surface area contributed by atoms with Gasteiger partial charge in [0.25, 0.3) is 5.91 Å². The molecule has 0 bridgehead atoms. The first-order chi connectivity index (χ1) is 9.78. The molecule has 2 rings (SSSR count). The molecule has 3 nitrogen and oxygen atoms in total. The number of carbonyl (C=O) groups excluding carboxylic acids is 1. The van der Waals surface area contributed by atoms with Crippen LogP contribution in [0.4, 0.5) is 5.69 Å². The summed E-state index contributed by atoms with van der Waals surface area (Å²) >= 11 is 0. The Morgan fingerprint density at radius 1 is 1.00 bits per heavy atom. The van der Waals surface area contributed by atoms with Gasteiger partial charge in [0.05, 0.1) is 5.54 Å². The van der Waals surface area contributed by atoms with Gasteiger partial charge < -0.3 is 11.1 Å². The van der Waals surface area contributed by atoms with E-state index in [1.807, 2.05) is 13.8 Å². The zero-order valence-corrected chi connectivity index (χ0v) is 13.0. The van der Waals surface area contributed by atoms with Gasteiger partial charge in [-0.05, 0) is 57.5 Å². The normalized spacial score (nSPS) is 11.2. The fourth-order valence-corrected chi connectivity index (χ4v) is 2.40. The smallest absolute Gasteiger partial charge is 0.251 e. The summed E-state index contributed by atoms with van der Waals surface area (Å²) in [5.74, 6) is -0.0980. The summed E-state index contributed by atoms with van der Waals surface area (Å²) in [6.45, 7) is 8.15. The summed E-state index contributed by atoms with van der Waals surface area (Å²) in [6.07, 6.45) is 0. The van der Waals surface area contributed by atoms with Crippen LogP contribution >= 0.6 is 0 Å². The molecule has 110 valence electrons. The van der Waals surface area contributed by atoms with Gasteiger partial charge in [0.1, 0.15) is 0 Å². The van der Waals surface area contributed by atoms with Crippen LogP contribution in [0.2, 0.25) is 0 Å². The Kier molecular flexibility index (Phi) is 4.03. The molecule has 3 N–H and O–H groups in total. The zero-order valence-electron chi connectivity index (χ0n) is 13.0. The Labute approximate surface area is 126 Å². The molecule has 2 aromatic carbocycles. The van der Waals surface area contributed by atoms with Gasteiger partial charge in [0.2, 0.25) is 0 Å². The molecular formula is C18H22N2O. The number of hydrogen-bond donors (Lipinski definition) is 2. The number of benzene rings is 2. The van der Waals surface area contributed by atoms with Crippen LogP contribution in [0.5, 0.6) is 0 Å². The molecule has 0 aliphatic carbocycles. The molecule has 0 aromatic heterocycles. The highest BCUT2D eigenvalue weighted by molar-refractivity contribution is 5.95. The first kappa shape index (κ1) is 15.1. The summed E-state index contributed by atoms with van der Waals surface area (Å²) in [5.41, 5.74) is 9.97. The lowest BCUT2D eigenvalue weighted by atomic mass is 9.91. The molecule has 0 heterocycles. The average Bonchev–Trinajstić information content (AvgIpc) is 2.37. The average molecular weight is 282 g/mol. The van der Waals surface area contributed by atoms with Crippen molar-refractivity contribution in [2.24, 2.45) is 0 Å². The van der Waals surface area contributed by atoms with Crippen LogP contribution in [0.1, 0.15) is 40.9 Å². The van der Waals surface area contributed by atoms with Crippen molar-refractivity contribution in [1.29, 1.82) is 0 Å². The summed E-state index contributed by atoms with van der Waals surface area (Å²) in [4.78, 5) is 12.4. The molecule has 0 fully saturated rings. The van der Waals surface area contributed by atoms with Gasteiger partial charge in [-0.25, -0.2) is 0 Å². The van der Waals surface area contributed by atoms with E-state index in [0.29, 0.717) is 11.3 Å². The van der Waals surface area contributed by atoms with Crippen molar-refractivity contribution >= 4 is 11.6 Å². The highest BCUT2D eigenvalue weighted by Crippen LogP contribution is 2.23. The van der Waals surface area contributed by atoms with E-state index in [9.17, 15) is 4.79 Å². The molecule has 0 aliphatic heterocycles. The second-order valence-electron chi connectivity index (χ2n) is 6.08. The molecule has 0 spiro atoms. The van der Waals surface area contributed by atoms with Gasteiger partial charge in [0, 0.05) is 11.3 Å². The van der Waals surface area contributed by atoms with Crippen LogP contribution in [-0.4, -0.2) is 5.91 Å². The van der Waals surface area contributed by atoms with E-state index < -0.39 is 5.54 Å². The van der Waals surface area contributed by atoms with Gasteiger partial charge in [-0.15, -0.1) is 0 Å². The summed E-state index contributed by atoms with van der Waals surface area (Å²) in [6, 6.07) is 13.3. The molecule has 3 heteroatoms. The minimum absolute atomic E-state index is 0.0980. The Balaban J connectivity index is 2.23. The maximum absolute atomic E-state index is 12.4. The predicted octanol–water partition coefficient (Wildman–Crippen LogP) is 3.55. The Morgan fingerprint density at radius 2 is 1.52 bits per heavy atom. The standard InChI is InChI=1S/C18H22N2O/c1-12-9-13(2)11-15(10-12)18(3,4)20-17(21)14-5-7-16(19)8-6-14/h5-11H,19H2,1-4H3,(H,20,21). The van der Waals surface area contributed by atoms with E-state index in [2.05, 4.69) is 37.4 Å².